The number of carbonyl (C=O) groups excluding carboxylic acids is 1. The molecule has 0 unspecified atom stereocenters. The number of aromatic nitrogens is 1. The van der Waals surface area contributed by atoms with Gasteiger partial charge in [0.25, 0.3) is 3.79 Å². The zero-order valence-electron chi connectivity index (χ0n) is 9.29. The first-order valence-corrected chi connectivity index (χ1v) is 7.43. The molecule has 0 saturated heterocycles. The van der Waals surface area contributed by atoms with Crippen LogP contribution in [-0.2, 0) is 0 Å². The zero-order valence-corrected chi connectivity index (χ0v) is 13.1. The van der Waals surface area contributed by atoms with Gasteiger partial charge in [0.1, 0.15) is 0 Å². The van der Waals surface area contributed by atoms with Crippen molar-refractivity contribution in [1.82, 2.24) is 4.98 Å². The molecule has 0 aliphatic carbocycles. The molecular weight excluding hydrogens is 348 g/mol. The number of halogens is 4. The van der Waals surface area contributed by atoms with E-state index in [-0.39, 0.29) is 5.69 Å². The molecule has 0 radical (unpaired) electrons. The van der Waals surface area contributed by atoms with Crippen LogP contribution in [0.2, 0.25) is 5.02 Å². The van der Waals surface area contributed by atoms with E-state index in [1.54, 1.807) is 18.2 Å². The van der Waals surface area contributed by atoms with Crippen LogP contribution in [0.25, 0.3) is 0 Å². The van der Waals surface area contributed by atoms with Crippen LogP contribution in [0.4, 0.5) is 0 Å². The molecule has 1 heterocycles. The fourth-order valence-corrected chi connectivity index (χ4v) is 2.77. The topological polar surface area (TPSA) is 32.9 Å². The molecule has 1 aromatic carbocycles. The lowest BCUT2D eigenvalue weighted by atomic mass is 10.3. The maximum absolute atomic E-state index is 11.7. The Labute approximate surface area is 134 Å². The summed E-state index contributed by atoms with van der Waals surface area (Å²) in [5, 5.41) is 1.38. The number of rotatable bonds is 3. The summed E-state index contributed by atoms with van der Waals surface area (Å²) in [6, 6.07) is 10.7. The fraction of sp³-hybridized carbons (Fsp3) is 0.0833. The van der Waals surface area contributed by atoms with Crippen molar-refractivity contribution in [2.45, 2.75) is 13.7 Å². The van der Waals surface area contributed by atoms with E-state index in [0.717, 1.165) is 9.92 Å². The van der Waals surface area contributed by atoms with Crippen molar-refractivity contribution in [2.75, 3.05) is 0 Å². The number of H-pyrrole nitrogens is 1. The SMILES string of the molecule is O=C(c1ccc(Sc2ccccc2Cl)[nH]1)C(Cl)(Cl)Cl. The van der Waals surface area contributed by atoms with Crippen LogP contribution in [0, 0.1) is 0 Å². The number of carbonyl (C=O) groups is 1. The van der Waals surface area contributed by atoms with Gasteiger partial charge in [0.15, 0.2) is 0 Å². The van der Waals surface area contributed by atoms with Crippen LogP contribution in [0.3, 0.4) is 0 Å². The van der Waals surface area contributed by atoms with E-state index in [2.05, 4.69) is 4.98 Å². The van der Waals surface area contributed by atoms with Crippen molar-refractivity contribution in [3.8, 4) is 0 Å². The van der Waals surface area contributed by atoms with E-state index in [0.29, 0.717) is 5.02 Å². The highest BCUT2D eigenvalue weighted by Crippen LogP contribution is 2.34. The van der Waals surface area contributed by atoms with E-state index >= 15 is 0 Å². The molecule has 0 aliphatic rings. The highest BCUT2D eigenvalue weighted by atomic mass is 35.6. The van der Waals surface area contributed by atoms with Crippen LogP contribution in [0.15, 0.2) is 46.3 Å². The predicted molar refractivity (Wildman–Crippen MR) is 81.0 cm³/mol. The molecule has 0 bridgehead atoms. The lowest BCUT2D eigenvalue weighted by Gasteiger charge is -2.07. The molecule has 0 saturated carbocycles. The molecular formula is C12H7Cl4NOS. The number of nitrogens with one attached hydrogen (secondary N) is 1. The van der Waals surface area contributed by atoms with E-state index in [1.807, 2.05) is 18.2 Å². The molecule has 0 atom stereocenters. The van der Waals surface area contributed by atoms with Crippen molar-refractivity contribution < 1.29 is 4.79 Å². The van der Waals surface area contributed by atoms with Crippen molar-refractivity contribution in [3.63, 3.8) is 0 Å². The summed E-state index contributed by atoms with van der Waals surface area (Å²) in [4.78, 5) is 15.5. The van der Waals surface area contributed by atoms with Crippen LogP contribution >= 0.6 is 58.2 Å². The lowest BCUT2D eigenvalue weighted by Crippen LogP contribution is -2.19. The van der Waals surface area contributed by atoms with E-state index < -0.39 is 9.58 Å². The standard InChI is InChI=1S/C12H7Cl4NOS/c13-7-3-1-2-4-9(7)19-10-6-5-8(17-10)11(18)12(14,15)16/h1-6,17H. The number of aromatic amines is 1. The Kier molecular flexibility index (Phi) is 4.75. The molecule has 0 spiro atoms. The van der Waals surface area contributed by atoms with Gasteiger partial charge < -0.3 is 4.98 Å². The minimum atomic E-state index is -1.96. The maximum atomic E-state index is 11.7. The monoisotopic (exact) mass is 353 g/mol. The molecule has 7 heteroatoms. The number of ketones is 1. The van der Waals surface area contributed by atoms with Gasteiger partial charge in [-0.3, -0.25) is 4.79 Å². The fourth-order valence-electron chi connectivity index (χ4n) is 1.37. The van der Waals surface area contributed by atoms with Gasteiger partial charge >= 0.3 is 0 Å². The first-order valence-electron chi connectivity index (χ1n) is 5.11. The normalized spacial score (nSPS) is 11.6. The Bertz CT molecular complexity index is 606. The van der Waals surface area contributed by atoms with Crippen molar-refractivity contribution in [3.05, 3.63) is 47.1 Å². The lowest BCUT2D eigenvalue weighted by molar-refractivity contribution is 0.0992. The third kappa shape index (κ3) is 3.83. The largest absolute Gasteiger partial charge is 0.347 e. The van der Waals surface area contributed by atoms with Gasteiger partial charge in [-0.1, -0.05) is 70.3 Å². The Balaban J connectivity index is 2.19. The van der Waals surface area contributed by atoms with Gasteiger partial charge in [-0.05, 0) is 24.3 Å². The van der Waals surface area contributed by atoms with Crippen molar-refractivity contribution in [1.29, 1.82) is 0 Å². The quantitative estimate of drug-likeness (QED) is 0.593. The summed E-state index contributed by atoms with van der Waals surface area (Å²) in [6.07, 6.45) is 0. The molecule has 19 heavy (non-hydrogen) atoms. The number of Topliss-reactive ketones (excluding diaryl/α,β-unsaturated/α-hetero) is 1. The third-order valence-electron chi connectivity index (χ3n) is 2.22. The van der Waals surface area contributed by atoms with Gasteiger partial charge in [-0.2, -0.15) is 0 Å². The second-order valence-electron chi connectivity index (χ2n) is 3.60. The van der Waals surface area contributed by atoms with E-state index in [9.17, 15) is 4.79 Å². The summed E-state index contributed by atoms with van der Waals surface area (Å²) >= 11 is 24.1. The highest BCUT2D eigenvalue weighted by Gasteiger charge is 2.32. The Hall–Kier alpha value is -0.320. The summed E-state index contributed by atoms with van der Waals surface area (Å²) in [5.41, 5.74) is 0.245. The second-order valence-corrected chi connectivity index (χ2v) is 7.37. The first kappa shape index (κ1) is 15.1. The smallest absolute Gasteiger partial charge is 0.254 e. The average molecular weight is 355 g/mol. The maximum Gasteiger partial charge on any atom is 0.254 e. The molecule has 1 aromatic heterocycles. The van der Waals surface area contributed by atoms with Gasteiger partial charge in [-0.15, -0.1) is 0 Å². The van der Waals surface area contributed by atoms with Crippen LogP contribution in [-0.4, -0.2) is 14.6 Å². The Morgan fingerprint density at radius 2 is 1.79 bits per heavy atom. The third-order valence-corrected chi connectivity index (χ3v) is 4.21. The van der Waals surface area contributed by atoms with Crippen LogP contribution in [0.5, 0.6) is 0 Å². The molecule has 2 nitrogen and oxygen atoms in total. The number of hydrogen-bond donors (Lipinski definition) is 1. The number of alkyl halides is 3. The van der Waals surface area contributed by atoms with Crippen LogP contribution < -0.4 is 0 Å². The molecule has 2 aromatic rings. The molecule has 100 valence electrons. The summed E-state index contributed by atoms with van der Waals surface area (Å²) in [6.45, 7) is 0. The van der Waals surface area contributed by atoms with E-state index in [1.165, 1.54) is 11.8 Å². The van der Waals surface area contributed by atoms with Crippen molar-refractivity contribution >= 4 is 63.9 Å². The average Bonchev–Trinajstić information content (AvgIpc) is 2.78. The first-order chi connectivity index (χ1) is 8.88. The minimum absolute atomic E-state index is 0.245. The highest BCUT2D eigenvalue weighted by molar-refractivity contribution is 7.99. The van der Waals surface area contributed by atoms with Gasteiger partial charge in [-0.25, -0.2) is 0 Å². The number of hydrogen-bond acceptors (Lipinski definition) is 2. The predicted octanol–water partition coefficient (Wildman–Crippen LogP) is 5.37. The second kappa shape index (κ2) is 5.98. The van der Waals surface area contributed by atoms with Gasteiger partial charge in [0, 0.05) is 4.90 Å². The zero-order chi connectivity index (χ0) is 14.0. The molecule has 0 aliphatic heterocycles. The Morgan fingerprint density at radius 3 is 2.42 bits per heavy atom. The summed E-state index contributed by atoms with van der Waals surface area (Å²) < 4.78 is -1.96. The minimum Gasteiger partial charge on any atom is -0.347 e. The van der Waals surface area contributed by atoms with Crippen molar-refractivity contribution in [2.24, 2.45) is 0 Å². The number of benzene rings is 1. The molecule has 1 N–H and O–H groups in total. The molecule has 0 fully saturated rings. The van der Waals surface area contributed by atoms with Crippen LogP contribution in [0.1, 0.15) is 10.5 Å². The Morgan fingerprint density at radius 1 is 1.11 bits per heavy atom. The van der Waals surface area contributed by atoms with Gasteiger partial charge in [0.05, 0.1) is 15.7 Å². The summed E-state index contributed by atoms with van der Waals surface area (Å²) in [7, 11) is 0. The molecule has 2 rings (SSSR count). The van der Waals surface area contributed by atoms with E-state index in [4.69, 9.17) is 46.4 Å². The summed E-state index contributed by atoms with van der Waals surface area (Å²) in [5.74, 6) is -0.594. The van der Waals surface area contributed by atoms with Gasteiger partial charge in [0.2, 0.25) is 5.78 Å². The molecule has 0 amide bonds.